The van der Waals surface area contributed by atoms with Crippen molar-refractivity contribution in [3.05, 3.63) is 35.4 Å². The monoisotopic (exact) mass is 232 g/mol. The van der Waals surface area contributed by atoms with E-state index in [1.165, 1.54) is 11.1 Å². The number of nitrogens with one attached hydrogen (secondary N) is 1. The number of rotatable bonds is 3. The van der Waals surface area contributed by atoms with E-state index in [2.05, 4.69) is 43.4 Å². The molecule has 1 aliphatic heterocycles. The van der Waals surface area contributed by atoms with Crippen molar-refractivity contribution in [3.8, 4) is 0 Å². The van der Waals surface area contributed by atoms with Gasteiger partial charge >= 0.3 is 6.03 Å². The molecule has 2 amide bonds. The van der Waals surface area contributed by atoms with Crippen LogP contribution in [0.15, 0.2) is 24.3 Å². The summed E-state index contributed by atoms with van der Waals surface area (Å²) in [5.74, 6) is 0.602. The first-order valence-electron chi connectivity index (χ1n) is 6.24. The zero-order chi connectivity index (χ0) is 12.4. The summed E-state index contributed by atoms with van der Waals surface area (Å²) in [5.41, 5.74) is 2.58. The summed E-state index contributed by atoms with van der Waals surface area (Å²) in [5, 5.41) is 2.85. The normalized spacial score (nSPS) is 21.5. The second-order valence-corrected chi connectivity index (χ2v) is 4.79. The van der Waals surface area contributed by atoms with E-state index in [0.717, 1.165) is 6.42 Å². The van der Waals surface area contributed by atoms with Crippen LogP contribution in [0.2, 0.25) is 0 Å². The number of likely N-dealkylation sites (N-methyl/N-ethyl adjacent to an activating group) is 1. The molecule has 0 bridgehead atoms. The zero-order valence-electron chi connectivity index (χ0n) is 10.7. The Bertz CT molecular complexity index is 399. The van der Waals surface area contributed by atoms with Gasteiger partial charge in [0.2, 0.25) is 0 Å². The maximum Gasteiger partial charge on any atom is 0.317 e. The number of hydrogen-bond acceptors (Lipinski definition) is 1. The number of benzene rings is 1. The zero-order valence-corrected chi connectivity index (χ0v) is 10.7. The van der Waals surface area contributed by atoms with Gasteiger partial charge in [-0.25, -0.2) is 4.79 Å². The van der Waals surface area contributed by atoms with Gasteiger partial charge in [0.1, 0.15) is 0 Å². The minimum absolute atomic E-state index is 0.0148. The molecule has 3 nitrogen and oxygen atoms in total. The highest BCUT2D eigenvalue weighted by atomic mass is 16.2. The minimum atomic E-state index is 0.0148. The fourth-order valence-electron chi connectivity index (χ4n) is 2.21. The largest absolute Gasteiger partial charge is 0.336 e. The van der Waals surface area contributed by atoms with Crippen molar-refractivity contribution >= 4 is 6.03 Å². The number of amides is 2. The van der Waals surface area contributed by atoms with Crippen LogP contribution >= 0.6 is 0 Å². The predicted octanol–water partition coefficient (Wildman–Crippen LogP) is 2.90. The molecule has 92 valence electrons. The van der Waals surface area contributed by atoms with E-state index in [-0.39, 0.29) is 12.1 Å². The van der Waals surface area contributed by atoms with Crippen molar-refractivity contribution < 1.29 is 4.79 Å². The number of urea groups is 1. The van der Waals surface area contributed by atoms with Crippen molar-refractivity contribution in [2.24, 2.45) is 0 Å². The Labute approximate surface area is 103 Å². The average Bonchev–Trinajstić information content (AvgIpc) is 2.69. The molecule has 0 radical (unpaired) electrons. The van der Waals surface area contributed by atoms with E-state index in [1.807, 2.05) is 7.05 Å². The van der Waals surface area contributed by atoms with E-state index in [1.54, 1.807) is 4.90 Å². The molecule has 2 unspecified atom stereocenters. The smallest absolute Gasteiger partial charge is 0.317 e. The molecule has 0 aliphatic carbocycles. The maximum absolute atomic E-state index is 11.4. The Morgan fingerprint density at radius 2 is 2.06 bits per heavy atom. The third kappa shape index (κ3) is 2.28. The topological polar surface area (TPSA) is 32.3 Å². The molecule has 17 heavy (non-hydrogen) atoms. The van der Waals surface area contributed by atoms with Crippen LogP contribution < -0.4 is 5.32 Å². The van der Waals surface area contributed by atoms with Crippen molar-refractivity contribution in [2.75, 3.05) is 13.6 Å². The lowest BCUT2D eigenvalue weighted by atomic mass is 9.96. The number of hydrogen-bond donors (Lipinski definition) is 1. The lowest BCUT2D eigenvalue weighted by molar-refractivity contribution is 0.217. The molecule has 0 saturated carbocycles. The summed E-state index contributed by atoms with van der Waals surface area (Å²) >= 11 is 0. The quantitative estimate of drug-likeness (QED) is 0.854. The van der Waals surface area contributed by atoms with Crippen LogP contribution in [-0.2, 0) is 0 Å². The second kappa shape index (κ2) is 4.78. The first-order valence-corrected chi connectivity index (χ1v) is 6.24. The standard InChI is InChI=1S/C14H20N2O/c1-4-10(2)11-5-7-12(8-6-11)13-9-15-14(17)16(13)3/h5-8,10,13H,4,9H2,1-3H3,(H,15,17). The van der Waals surface area contributed by atoms with Crippen molar-refractivity contribution in [1.29, 1.82) is 0 Å². The summed E-state index contributed by atoms with van der Waals surface area (Å²) < 4.78 is 0. The van der Waals surface area contributed by atoms with Crippen molar-refractivity contribution in [1.82, 2.24) is 10.2 Å². The van der Waals surface area contributed by atoms with Gasteiger partial charge in [-0.1, -0.05) is 38.1 Å². The number of carbonyl (C=O) groups excluding carboxylic acids is 1. The summed E-state index contributed by atoms with van der Waals surface area (Å²) in [6, 6.07) is 8.83. The van der Waals surface area contributed by atoms with Crippen LogP contribution in [0.1, 0.15) is 43.4 Å². The third-order valence-corrected chi connectivity index (χ3v) is 3.74. The Kier molecular flexibility index (Phi) is 3.36. The van der Waals surface area contributed by atoms with Crippen LogP contribution in [0.5, 0.6) is 0 Å². The first kappa shape index (κ1) is 12.0. The SMILES string of the molecule is CCC(C)c1ccc(C2CNC(=O)N2C)cc1. The summed E-state index contributed by atoms with van der Waals surface area (Å²) in [6.07, 6.45) is 1.16. The molecule has 1 fully saturated rings. The Morgan fingerprint density at radius 1 is 1.41 bits per heavy atom. The Morgan fingerprint density at radius 3 is 2.53 bits per heavy atom. The second-order valence-electron chi connectivity index (χ2n) is 4.79. The van der Waals surface area contributed by atoms with Crippen LogP contribution in [0, 0.1) is 0 Å². The van der Waals surface area contributed by atoms with Gasteiger partial charge in [0.05, 0.1) is 6.04 Å². The molecule has 1 heterocycles. The van der Waals surface area contributed by atoms with E-state index >= 15 is 0 Å². The van der Waals surface area contributed by atoms with Gasteiger partial charge in [-0.05, 0) is 23.5 Å². The van der Waals surface area contributed by atoms with E-state index in [4.69, 9.17) is 0 Å². The number of carbonyl (C=O) groups is 1. The molecule has 2 rings (SSSR count). The molecule has 3 heteroatoms. The lowest BCUT2D eigenvalue weighted by Crippen LogP contribution is -2.25. The fourth-order valence-corrected chi connectivity index (χ4v) is 2.21. The van der Waals surface area contributed by atoms with Crippen LogP contribution in [0.3, 0.4) is 0 Å². The highest BCUT2D eigenvalue weighted by Gasteiger charge is 2.28. The van der Waals surface area contributed by atoms with E-state index in [9.17, 15) is 4.79 Å². The highest BCUT2D eigenvalue weighted by Crippen LogP contribution is 2.25. The van der Waals surface area contributed by atoms with Crippen molar-refractivity contribution in [2.45, 2.75) is 32.2 Å². The molecule has 1 aliphatic rings. The molecular formula is C14H20N2O. The van der Waals surface area contributed by atoms with E-state index < -0.39 is 0 Å². The van der Waals surface area contributed by atoms with Gasteiger partial charge in [-0.15, -0.1) is 0 Å². The van der Waals surface area contributed by atoms with Gasteiger partial charge in [0.25, 0.3) is 0 Å². The van der Waals surface area contributed by atoms with Gasteiger partial charge in [0.15, 0.2) is 0 Å². The van der Waals surface area contributed by atoms with Gasteiger partial charge in [-0.2, -0.15) is 0 Å². The van der Waals surface area contributed by atoms with Crippen LogP contribution in [-0.4, -0.2) is 24.5 Å². The third-order valence-electron chi connectivity index (χ3n) is 3.74. The molecule has 1 N–H and O–H groups in total. The van der Waals surface area contributed by atoms with Crippen LogP contribution in [0.4, 0.5) is 4.79 Å². The summed E-state index contributed by atoms with van der Waals surface area (Å²) in [4.78, 5) is 13.2. The van der Waals surface area contributed by atoms with Gasteiger partial charge < -0.3 is 10.2 Å². The predicted molar refractivity (Wildman–Crippen MR) is 69.1 cm³/mol. The molecule has 1 aromatic carbocycles. The Balaban J connectivity index is 2.16. The van der Waals surface area contributed by atoms with E-state index in [0.29, 0.717) is 12.5 Å². The Hall–Kier alpha value is -1.51. The maximum atomic E-state index is 11.4. The van der Waals surface area contributed by atoms with Gasteiger partial charge in [0, 0.05) is 13.6 Å². The van der Waals surface area contributed by atoms with Gasteiger partial charge in [-0.3, -0.25) is 0 Å². The number of nitrogens with zero attached hydrogens (tertiary/aromatic N) is 1. The molecule has 2 atom stereocenters. The lowest BCUT2D eigenvalue weighted by Gasteiger charge is -2.19. The molecule has 1 saturated heterocycles. The van der Waals surface area contributed by atoms with Crippen molar-refractivity contribution in [3.63, 3.8) is 0 Å². The molecule has 1 aromatic rings. The summed E-state index contributed by atoms with van der Waals surface area (Å²) in [7, 11) is 1.84. The van der Waals surface area contributed by atoms with Crippen LogP contribution in [0.25, 0.3) is 0 Å². The molecule has 0 aromatic heterocycles. The summed E-state index contributed by atoms with van der Waals surface area (Å²) in [6.45, 7) is 5.14. The fraction of sp³-hybridized carbons (Fsp3) is 0.500. The molecular weight excluding hydrogens is 212 g/mol. The minimum Gasteiger partial charge on any atom is -0.336 e. The first-order chi connectivity index (χ1) is 8.13. The average molecular weight is 232 g/mol. The highest BCUT2D eigenvalue weighted by molar-refractivity contribution is 5.76. The molecule has 0 spiro atoms.